The zero-order chi connectivity index (χ0) is 14.0. The minimum atomic E-state index is -0.596. The predicted octanol–water partition coefficient (Wildman–Crippen LogP) is 1.58. The second kappa shape index (κ2) is 5.19. The standard InChI is InChI=1S/C14H19NO4/c1-9-5-4-6-11(12(9)16)13(17)15-7-10-8-18-14(2,3)19-10/h4-6,10,16H,7-8H2,1-3H3,(H,15,17). The Balaban J connectivity index is 1.93. The molecule has 1 heterocycles. The zero-order valence-electron chi connectivity index (χ0n) is 11.4. The van der Waals surface area contributed by atoms with Crippen molar-refractivity contribution < 1.29 is 19.4 Å². The SMILES string of the molecule is Cc1cccc(C(=O)NCC2COC(C)(C)O2)c1O. The molecule has 1 atom stereocenters. The Kier molecular flexibility index (Phi) is 3.78. The first kappa shape index (κ1) is 13.8. The van der Waals surface area contributed by atoms with E-state index in [0.717, 1.165) is 0 Å². The monoisotopic (exact) mass is 265 g/mol. The first-order chi connectivity index (χ1) is 8.89. The molecule has 2 rings (SSSR count). The molecule has 1 aromatic rings. The number of carbonyl (C=O) groups is 1. The molecule has 1 aliphatic heterocycles. The number of ether oxygens (including phenoxy) is 2. The number of carbonyl (C=O) groups excluding carboxylic acids is 1. The molecular formula is C14H19NO4. The molecule has 19 heavy (non-hydrogen) atoms. The average Bonchev–Trinajstić information content (AvgIpc) is 2.69. The Hall–Kier alpha value is -1.59. The molecule has 5 nitrogen and oxygen atoms in total. The third-order valence-corrected chi connectivity index (χ3v) is 3.04. The Morgan fingerprint density at radius 3 is 2.89 bits per heavy atom. The van der Waals surface area contributed by atoms with E-state index in [1.807, 2.05) is 13.8 Å². The highest BCUT2D eigenvalue weighted by molar-refractivity contribution is 5.97. The summed E-state index contributed by atoms with van der Waals surface area (Å²) in [5.74, 6) is -0.889. The van der Waals surface area contributed by atoms with Crippen LogP contribution >= 0.6 is 0 Å². The lowest BCUT2D eigenvalue weighted by atomic mass is 10.1. The molecular weight excluding hydrogens is 246 g/mol. The summed E-state index contributed by atoms with van der Waals surface area (Å²) in [4.78, 5) is 12.0. The summed E-state index contributed by atoms with van der Waals surface area (Å²) in [6.07, 6.45) is -0.161. The van der Waals surface area contributed by atoms with Crippen LogP contribution < -0.4 is 5.32 Å². The highest BCUT2D eigenvalue weighted by Crippen LogP contribution is 2.23. The molecule has 0 aromatic heterocycles. The van der Waals surface area contributed by atoms with Gasteiger partial charge in [-0.15, -0.1) is 0 Å². The van der Waals surface area contributed by atoms with Crippen LogP contribution in [0.3, 0.4) is 0 Å². The molecule has 1 aliphatic rings. The Morgan fingerprint density at radius 2 is 2.26 bits per heavy atom. The van der Waals surface area contributed by atoms with E-state index < -0.39 is 5.79 Å². The molecule has 0 bridgehead atoms. The normalized spacial score (nSPS) is 21.3. The number of hydrogen-bond acceptors (Lipinski definition) is 4. The predicted molar refractivity (Wildman–Crippen MR) is 70.1 cm³/mol. The fraction of sp³-hybridized carbons (Fsp3) is 0.500. The van der Waals surface area contributed by atoms with Gasteiger partial charge in [0.15, 0.2) is 5.79 Å². The number of para-hydroxylation sites is 1. The van der Waals surface area contributed by atoms with Gasteiger partial charge in [-0.25, -0.2) is 0 Å². The van der Waals surface area contributed by atoms with Crippen molar-refractivity contribution in [3.05, 3.63) is 29.3 Å². The maximum atomic E-state index is 12.0. The van der Waals surface area contributed by atoms with Gasteiger partial charge in [0.05, 0.1) is 12.2 Å². The van der Waals surface area contributed by atoms with Crippen molar-refractivity contribution in [3.63, 3.8) is 0 Å². The zero-order valence-corrected chi connectivity index (χ0v) is 11.4. The highest BCUT2D eigenvalue weighted by Gasteiger charge is 2.32. The van der Waals surface area contributed by atoms with Gasteiger partial charge < -0.3 is 19.9 Å². The van der Waals surface area contributed by atoms with Gasteiger partial charge >= 0.3 is 0 Å². The van der Waals surface area contributed by atoms with Crippen molar-refractivity contribution in [2.45, 2.75) is 32.7 Å². The lowest BCUT2D eigenvalue weighted by Crippen LogP contribution is -2.34. The summed E-state index contributed by atoms with van der Waals surface area (Å²) in [6.45, 7) is 6.23. The number of phenolic OH excluding ortho intramolecular Hbond substituents is 1. The van der Waals surface area contributed by atoms with Gasteiger partial charge in [-0.2, -0.15) is 0 Å². The third kappa shape index (κ3) is 3.24. The highest BCUT2D eigenvalue weighted by atomic mass is 16.7. The molecule has 0 radical (unpaired) electrons. The topological polar surface area (TPSA) is 67.8 Å². The molecule has 1 aromatic carbocycles. The van der Waals surface area contributed by atoms with Crippen LogP contribution in [-0.2, 0) is 9.47 Å². The molecule has 0 saturated carbocycles. The van der Waals surface area contributed by atoms with Crippen LogP contribution in [0.4, 0.5) is 0 Å². The van der Waals surface area contributed by atoms with Gasteiger partial charge in [0, 0.05) is 6.54 Å². The van der Waals surface area contributed by atoms with Crippen LogP contribution in [0.25, 0.3) is 0 Å². The van der Waals surface area contributed by atoms with Gasteiger partial charge in [-0.1, -0.05) is 12.1 Å². The summed E-state index contributed by atoms with van der Waals surface area (Å²) in [5, 5.41) is 12.6. The van der Waals surface area contributed by atoms with E-state index in [1.54, 1.807) is 25.1 Å². The van der Waals surface area contributed by atoms with E-state index >= 15 is 0 Å². The number of hydrogen-bond donors (Lipinski definition) is 2. The average molecular weight is 265 g/mol. The van der Waals surface area contributed by atoms with Gasteiger partial charge in [0.1, 0.15) is 11.9 Å². The van der Waals surface area contributed by atoms with E-state index in [0.29, 0.717) is 18.7 Å². The second-order valence-electron chi connectivity index (χ2n) is 5.13. The molecule has 1 fully saturated rings. The van der Waals surface area contributed by atoms with Crippen molar-refractivity contribution in [3.8, 4) is 5.75 Å². The van der Waals surface area contributed by atoms with Crippen LogP contribution in [0.5, 0.6) is 5.75 Å². The summed E-state index contributed by atoms with van der Waals surface area (Å²) in [5.41, 5.74) is 0.951. The van der Waals surface area contributed by atoms with Gasteiger partial charge in [0.25, 0.3) is 5.91 Å². The van der Waals surface area contributed by atoms with Crippen LogP contribution in [0.15, 0.2) is 18.2 Å². The number of rotatable bonds is 3. The number of benzene rings is 1. The van der Waals surface area contributed by atoms with Crippen LogP contribution in [0, 0.1) is 6.92 Å². The first-order valence-electron chi connectivity index (χ1n) is 6.27. The lowest BCUT2D eigenvalue weighted by molar-refractivity contribution is -0.137. The number of nitrogens with one attached hydrogen (secondary N) is 1. The molecule has 0 aliphatic carbocycles. The van der Waals surface area contributed by atoms with Crippen molar-refractivity contribution in [1.29, 1.82) is 0 Å². The van der Waals surface area contributed by atoms with Gasteiger partial charge in [0.2, 0.25) is 0 Å². The largest absolute Gasteiger partial charge is 0.507 e. The molecule has 1 unspecified atom stereocenters. The minimum Gasteiger partial charge on any atom is -0.507 e. The van der Waals surface area contributed by atoms with E-state index in [9.17, 15) is 9.90 Å². The van der Waals surface area contributed by atoms with E-state index in [4.69, 9.17) is 9.47 Å². The number of amides is 1. The van der Waals surface area contributed by atoms with Crippen LogP contribution in [-0.4, -0.2) is 36.1 Å². The Labute approximate surface area is 112 Å². The summed E-state index contributed by atoms with van der Waals surface area (Å²) in [6, 6.07) is 5.08. The van der Waals surface area contributed by atoms with Crippen molar-refractivity contribution in [2.24, 2.45) is 0 Å². The maximum Gasteiger partial charge on any atom is 0.255 e. The smallest absolute Gasteiger partial charge is 0.255 e. The molecule has 2 N–H and O–H groups in total. The Bertz CT molecular complexity index is 484. The first-order valence-corrected chi connectivity index (χ1v) is 6.27. The summed E-state index contributed by atoms with van der Waals surface area (Å²) >= 11 is 0. The Morgan fingerprint density at radius 1 is 1.53 bits per heavy atom. The van der Waals surface area contributed by atoms with Crippen LogP contribution in [0.1, 0.15) is 29.8 Å². The van der Waals surface area contributed by atoms with Crippen molar-refractivity contribution in [2.75, 3.05) is 13.2 Å². The number of aromatic hydroxyl groups is 1. The lowest BCUT2D eigenvalue weighted by Gasteiger charge is -2.17. The van der Waals surface area contributed by atoms with E-state index in [-0.39, 0.29) is 23.3 Å². The van der Waals surface area contributed by atoms with Crippen LogP contribution in [0.2, 0.25) is 0 Å². The van der Waals surface area contributed by atoms with Gasteiger partial charge in [-0.05, 0) is 32.4 Å². The molecule has 104 valence electrons. The molecule has 0 spiro atoms. The molecule has 1 saturated heterocycles. The fourth-order valence-electron chi connectivity index (χ4n) is 2.01. The molecule has 1 amide bonds. The van der Waals surface area contributed by atoms with E-state index in [1.165, 1.54) is 0 Å². The van der Waals surface area contributed by atoms with Crippen molar-refractivity contribution in [1.82, 2.24) is 5.32 Å². The van der Waals surface area contributed by atoms with E-state index in [2.05, 4.69) is 5.32 Å². The number of aryl methyl sites for hydroxylation is 1. The second-order valence-corrected chi connectivity index (χ2v) is 5.13. The summed E-state index contributed by atoms with van der Waals surface area (Å²) in [7, 11) is 0. The molecule has 5 heteroatoms. The minimum absolute atomic E-state index is 0.0175. The van der Waals surface area contributed by atoms with Crippen molar-refractivity contribution >= 4 is 5.91 Å². The summed E-state index contributed by atoms with van der Waals surface area (Å²) < 4.78 is 11.0. The number of phenols is 1. The quantitative estimate of drug-likeness (QED) is 0.870. The fourth-order valence-corrected chi connectivity index (χ4v) is 2.01. The maximum absolute atomic E-state index is 12.0. The van der Waals surface area contributed by atoms with Gasteiger partial charge in [-0.3, -0.25) is 4.79 Å². The third-order valence-electron chi connectivity index (χ3n) is 3.04.